The Kier molecular flexibility index (Phi) is 6.22. The van der Waals surface area contributed by atoms with Crippen molar-refractivity contribution in [2.24, 2.45) is 0 Å². The molecular weight excluding hydrogens is 338 g/mol. The van der Waals surface area contributed by atoms with Gasteiger partial charge in [0.2, 0.25) is 5.91 Å². The van der Waals surface area contributed by atoms with Crippen LogP contribution in [0.15, 0.2) is 42.5 Å². The van der Waals surface area contributed by atoms with Gasteiger partial charge in [-0.15, -0.1) is 0 Å². The van der Waals surface area contributed by atoms with Gasteiger partial charge in [0.15, 0.2) is 0 Å². The monoisotopic (exact) mass is 367 g/mol. The van der Waals surface area contributed by atoms with Crippen LogP contribution in [0, 0.1) is 6.92 Å². The van der Waals surface area contributed by atoms with E-state index in [4.69, 9.17) is 4.74 Å². The zero-order valence-corrected chi connectivity index (χ0v) is 16.4. The molecule has 1 atom stereocenters. The molecule has 1 saturated heterocycles. The van der Waals surface area contributed by atoms with Crippen LogP contribution in [0.2, 0.25) is 0 Å². The molecule has 0 bridgehead atoms. The highest BCUT2D eigenvalue weighted by Gasteiger charge is 2.16. The Balaban J connectivity index is 1.60. The molecule has 2 N–H and O–H groups in total. The third kappa shape index (κ3) is 4.94. The smallest absolute Gasteiger partial charge is 0.246 e. The van der Waals surface area contributed by atoms with Crippen LogP contribution in [0.1, 0.15) is 31.7 Å². The van der Waals surface area contributed by atoms with Gasteiger partial charge in [-0.2, -0.15) is 0 Å². The second-order valence-corrected chi connectivity index (χ2v) is 7.15. The molecule has 1 aliphatic rings. The largest absolute Gasteiger partial charge is 0.495 e. The fourth-order valence-corrected chi connectivity index (χ4v) is 3.40. The molecule has 5 nitrogen and oxygen atoms in total. The average Bonchev–Trinajstić information content (AvgIpc) is 2.69. The van der Waals surface area contributed by atoms with Crippen molar-refractivity contribution in [2.45, 2.75) is 39.2 Å². The first-order valence-electron chi connectivity index (χ1n) is 9.64. The number of methoxy groups -OCH3 is 1. The number of piperidine rings is 1. The molecule has 0 unspecified atom stereocenters. The van der Waals surface area contributed by atoms with E-state index in [2.05, 4.69) is 27.7 Å². The summed E-state index contributed by atoms with van der Waals surface area (Å²) in [4.78, 5) is 15.0. The van der Waals surface area contributed by atoms with E-state index in [1.165, 1.54) is 24.9 Å². The second kappa shape index (κ2) is 8.80. The lowest BCUT2D eigenvalue weighted by atomic mass is 10.1. The second-order valence-electron chi connectivity index (χ2n) is 7.15. The van der Waals surface area contributed by atoms with Crippen molar-refractivity contribution in [3.05, 3.63) is 48.0 Å². The van der Waals surface area contributed by atoms with Crippen LogP contribution in [0.4, 0.5) is 17.1 Å². The van der Waals surface area contributed by atoms with Gasteiger partial charge < -0.3 is 20.3 Å². The number of hydrogen-bond donors (Lipinski definition) is 2. The molecule has 144 valence electrons. The maximum absolute atomic E-state index is 12.6. The molecule has 0 radical (unpaired) electrons. The molecule has 3 rings (SSSR count). The van der Waals surface area contributed by atoms with Crippen LogP contribution >= 0.6 is 0 Å². The van der Waals surface area contributed by atoms with E-state index in [9.17, 15) is 4.79 Å². The quantitative estimate of drug-likeness (QED) is 0.793. The first-order chi connectivity index (χ1) is 13.1. The highest BCUT2D eigenvalue weighted by molar-refractivity contribution is 5.97. The van der Waals surface area contributed by atoms with Crippen LogP contribution in [-0.4, -0.2) is 32.1 Å². The highest BCUT2D eigenvalue weighted by atomic mass is 16.5. The van der Waals surface area contributed by atoms with Gasteiger partial charge in [-0.25, -0.2) is 0 Å². The molecule has 0 saturated carbocycles. The van der Waals surface area contributed by atoms with Gasteiger partial charge >= 0.3 is 0 Å². The van der Waals surface area contributed by atoms with Crippen molar-refractivity contribution in [1.29, 1.82) is 0 Å². The Labute approximate surface area is 161 Å². The first-order valence-corrected chi connectivity index (χ1v) is 9.64. The molecule has 1 heterocycles. The molecule has 0 spiro atoms. The molecule has 27 heavy (non-hydrogen) atoms. The fourth-order valence-electron chi connectivity index (χ4n) is 3.40. The lowest BCUT2D eigenvalue weighted by Crippen LogP contribution is -2.32. The van der Waals surface area contributed by atoms with Crippen LogP contribution in [0.3, 0.4) is 0 Å². The maximum Gasteiger partial charge on any atom is 0.246 e. The number of amides is 1. The van der Waals surface area contributed by atoms with Gasteiger partial charge in [-0.1, -0.05) is 6.07 Å². The summed E-state index contributed by atoms with van der Waals surface area (Å²) in [5, 5.41) is 6.22. The summed E-state index contributed by atoms with van der Waals surface area (Å²) in [7, 11) is 1.60. The Hall–Kier alpha value is -2.69. The molecule has 1 aliphatic heterocycles. The lowest BCUT2D eigenvalue weighted by Gasteiger charge is -2.29. The van der Waals surface area contributed by atoms with Gasteiger partial charge in [-0.05, 0) is 75.1 Å². The van der Waals surface area contributed by atoms with E-state index in [-0.39, 0.29) is 11.9 Å². The number of nitrogens with zero attached hydrogens (tertiary/aromatic N) is 1. The SMILES string of the molecule is COc1ccc(C)cc1NC(=O)[C@@H](C)Nc1ccc(N2CCCCC2)cc1. The van der Waals surface area contributed by atoms with Gasteiger partial charge in [-0.3, -0.25) is 4.79 Å². The number of rotatable bonds is 6. The molecule has 5 heteroatoms. The van der Waals surface area contributed by atoms with E-state index in [0.29, 0.717) is 11.4 Å². The minimum atomic E-state index is -0.365. The molecule has 1 fully saturated rings. The number of nitrogens with one attached hydrogen (secondary N) is 2. The van der Waals surface area contributed by atoms with Crippen LogP contribution in [0.25, 0.3) is 0 Å². The normalized spacial score (nSPS) is 15.1. The molecule has 2 aromatic rings. The van der Waals surface area contributed by atoms with Crippen LogP contribution in [0.5, 0.6) is 5.75 Å². The number of carbonyl (C=O) groups is 1. The Bertz CT molecular complexity index is 768. The van der Waals surface area contributed by atoms with Gasteiger partial charge in [0.05, 0.1) is 12.8 Å². The Morgan fingerprint density at radius 3 is 2.44 bits per heavy atom. The third-order valence-electron chi connectivity index (χ3n) is 4.98. The van der Waals surface area contributed by atoms with Gasteiger partial charge in [0.25, 0.3) is 0 Å². The average molecular weight is 367 g/mol. The van der Waals surface area contributed by atoms with Crippen molar-refractivity contribution in [3.8, 4) is 5.75 Å². The van der Waals surface area contributed by atoms with Crippen molar-refractivity contribution in [1.82, 2.24) is 0 Å². The zero-order chi connectivity index (χ0) is 19.2. The summed E-state index contributed by atoms with van der Waals surface area (Å²) >= 11 is 0. The fraction of sp³-hybridized carbons (Fsp3) is 0.409. The summed E-state index contributed by atoms with van der Waals surface area (Å²) in [6.45, 7) is 6.10. The molecule has 0 aromatic heterocycles. The van der Waals surface area contributed by atoms with Gasteiger partial charge in [0.1, 0.15) is 11.8 Å². The number of anilines is 3. The summed E-state index contributed by atoms with van der Waals surface area (Å²) in [5.41, 5.74) is 3.95. The molecule has 1 amide bonds. The van der Waals surface area contributed by atoms with E-state index < -0.39 is 0 Å². The Morgan fingerprint density at radius 1 is 1.07 bits per heavy atom. The predicted octanol–water partition coefficient (Wildman–Crippen LogP) is 4.43. The summed E-state index contributed by atoms with van der Waals surface area (Å²) in [6.07, 6.45) is 3.85. The van der Waals surface area contributed by atoms with Crippen molar-refractivity contribution in [2.75, 3.05) is 35.7 Å². The maximum atomic E-state index is 12.6. The van der Waals surface area contributed by atoms with Crippen molar-refractivity contribution >= 4 is 23.0 Å². The summed E-state index contributed by atoms with van der Waals surface area (Å²) < 4.78 is 5.33. The lowest BCUT2D eigenvalue weighted by molar-refractivity contribution is -0.116. The number of hydrogen-bond acceptors (Lipinski definition) is 4. The number of aryl methyl sites for hydroxylation is 1. The summed E-state index contributed by atoms with van der Waals surface area (Å²) in [6, 6.07) is 13.7. The number of benzene rings is 2. The molecule has 2 aromatic carbocycles. The van der Waals surface area contributed by atoms with Crippen molar-refractivity contribution < 1.29 is 9.53 Å². The number of carbonyl (C=O) groups excluding carboxylic acids is 1. The minimum absolute atomic E-state index is 0.0981. The van der Waals surface area contributed by atoms with Crippen LogP contribution in [-0.2, 0) is 4.79 Å². The van der Waals surface area contributed by atoms with E-state index in [0.717, 1.165) is 24.3 Å². The predicted molar refractivity (Wildman–Crippen MR) is 112 cm³/mol. The number of ether oxygens (including phenoxy) is 1. The summed E-state index contributed by atoms with van der Waals surface area (Å²) in [5.74, 6) is 0.561. The highest BCUT2D eigenvalue weighted by Crippen LogP contribution is 2.26. The van der Waals surface area contributed by atoms with E-state index in [1.807, 2.05) is 44.2 Å². The van der Waals surface area contributed by atoms with Gasteiger partial charge in [0, 0.05) is 24.5 Å². The van der Waals surface area contributed by atoms with E-state index >= 15 is 0 Å². The standard InChI is InChI=1S/C22H29N3O2/c1-16-7-12-21(27-3)20(15-16)24-22(26)17(2)23-18-8-10-19(11-9-18)25-13-5-4-6-14-25/h7-12,15,17,23H,4-6,13-14H2,1-3H3,(H,24,26)/t17-/m1/s1. The molecular formula is C22H29N3O2. The topological polar surface area (TPSA) is 53.6 Å². The molecule has 0 aliphatic carbocycles. The third-order valence-corrected chi connectivity index (χ3v) is 4.98. The minimum Gasteiger partial charge on any atom is -0.495 e. The Morgan fingerprint density at radius 2 is 1.78 bits per heavy atom. The zero-order valence-electron chi connectivity index (χ0n) is 16.4. The van der Waals surface area contributed by atoms with Crippen molar-refractivity contribution in [3.63, 3.8) is 0 Å². The van der Waals surface area contributed by atoms with Crippen LogP contribution < -0.4 is 20.3 Å². The first kappa shape index (κ1) is 19.1. The van der Waals surface area contributed by atoms with E-state index in [1.54, 1.807) is 7.11 Å².